The zero-order valence-electron chi connectivity index (χ0n) is 14.2. The molecule has 129 valence electrons. The van der Waals surface area contributed by atoms with Crippen molar-refractivity contribution in [1.29, 1.82) is 0 Å². The average Bonchev–Trinajstić information content (AvgIpc) is 2.99. The van der Waals surface area contributed by atoms with E-state index in [1.165, 1.54) is 33.4 Å². The number of aryl methyl sites for hydroxylation is 1. The Morgan fingerprint density at radius 3 is 2.15 bits per heavy atom. The van der Waals surface area contributed by atoms with Crippen molar-refractivity contribution >= 4 is 18.7 Å². The van der Waals surface area contributed by atoms with Crippen molar-refractivity contribution in [3.05, 3.63) is 95.1 Å². The van der Waals surface area contributed by atoms with Crippen LogP contribution in [0.3, 0.4) is 0 Å². The van der Waals surface area contributed by atoms with Gasteiger partial charge in [0, 0.05) is 5.92 Å². The molecule has 1 aliphatic carbocycles. The Labute approximate surface area is 192 Å². The maximum absolute atomic E-state index is 5.54. The van der Waals surface area contributed by atoms with Crippen LogP contribution < -0.4 is 24.8 Å². The Bertz CT molecular complexity index is 907. The van der Waals surface area contributed by atoms with Crippen molar-refractivity contribution in [3.8, 4) is 11.1 Å². The molecule has 0 bridgehead atoms. The maximum atomic E-state index is 5.54. The van der Waals surface area contributed by atoms with E-state index >= 15 is 0 Å². The van der Waals surface area contributed by atoms with E-state index < -0.39 is 0 Å². The summed E-state index contributed by atoms with van der Waals surface area (Å²) in [6.45, 7) is 2.17. The second-order valence-electron chi connectivity index (χ2n) is 6.06. The van der Waals surface area contributed by atoms with E-state index in [0.717, 1.165) is 4.90 Å². The first-order chi connectivity index (χ1) is 11.2. The second kappa shape index (κ2) is 9.86. The van der Waals surface area contributed by atoms with Crippen molar-refractivity contribution < 1.29 is 51.0 Å². The van der Waals surface area contributed by atoms with Crippen molar-refractivity contribution in [2.24, 2.45) is 0 Å². The van der Waals surface area contributed by atoms with E-state index in [9.17, 15) is 0 Å². The summed E-state index contributed by atoms with van der Waals surface area (Å²) in [6, 6.07) is 23.4. The number of fused-ring (bicyclic) bond motifs is 1. The van der Waals surface area contributed by atoms with Crippen LogP contribution in [-0.2, 0) is 38.8 Å². The van der Waals surface area contributed by atoms with Gasteiger partial charge in [0.1, 0.15) is 0 Å². The van der Waals surface area contributed by atoms with E-state index in [2.05, 4.69) is 73.7 Å². The molecule has 4 heteroatoms. The van der Waals surface area contributed by atoms with Gasteiger partial charge in [0.15, 0.2) is 0 Å². The molecule has 0 amide bonds. The van der Waals surface area contributed by atoms with E-state index in [1.54, 1.807) is 0 Å². The summed E-state index contributed by atoms with van der Waals surface area (Å²) in [7, 11) is 0. The monoisotopic (exact) mass is 473 g/mol. The molecule has 1 atom stereocenters. The molecule has 1 radical (unpaired) electrons. The summed E-state index contributed by atoms with van der Waals surface area (Å²) in [4.78, 5) is 0.942. The van der Waals surface area contributed by atoms with Gasteiger partial charge in [-0.2, -0.15) is 4.90 Å². The minimum Gasteiger partial charge on any atom is -1.00 e. The van der Waals surface area contributed by atoms with Gasteiger partial charge in [0.2, 0.25) is 0 Å². The standard InChI is InChI=1S/C22H18S.2ClH.Zr/c1-15-13-20(16-7-3-2-4-8-16)18-12-11-17(21(18)14-15)19-9-5-6-10-22(19)23;;;/h2-14,17,23H,1H3;2*1H;/q;;;+3/p-3. The molecule has 0 saturated carbocycles. The van der Waals surface area contributed by atoms with Crippen LogP contribution in [0.4, 0.5) is 0 Å². The van der Waals surface area contributed by atoms with Crippen molar-refractivity contribution in [3.63, 3.8) is 0 Å². The number of hydrogen-bond donors (Lipinski definition) is 0. The Balaban J connectivity index is 0.00000113. The summed E-state index contributed by atoms with van der Waals surface area (Å²) in [6.07, 6.45) is 4.53. The molecule has 0 aliphatic heterocycles. The molecule has 0 heterocycles. The van der Waals surface area contributed by atoms with E-state index in [1.807, 2.05) is 12.1 Å². The summed E-state index contributed by atoms with van der Waals surface area (Å²) in [5.41, 5.74) is 7.78. The van der Waals surface area contributed by atoms with E-state index in [-0.39, 0.29) is 56.9 Å². The van der Waals surface area contributed by atoms with Gasteiger partial charge in [0.25, 0.3) is 0 Å². The zero-order chi connectivity index (χ0) is 15.8. The second-order valence-corrected chi connectivity index (χ2v) is 6.50. The number of rotatable bonds is 2. The quantitative estimate of drug-likeness (QED) is 0.460. The first-order valence-electron chi connectivity index (χ1n) is 7.88. The predicted molar refractivity (Wildman–Crippen MR) is 99.6 cm³/mol. The normalized spacial score (nSPS) is 13.8. The molecular weight excluding hydrogens is 458 g/mol. The molecule has 0 spiro atoms. The SMILES string of the molecule is Cc1cc(-c2ccccc2)c2c(c1)C(c1ccccc1[S-])C=C2.[Cl-].[Cl-].[Zr+3]. The fourth-order valence-corrected chi connectivity index (χ4v) is 3.70. The zero-order valence-corrected chi connectivity index (χ0v) is 19.0. The Morgan fingerprint density at radius 2 is 1.46 bits per heavy atom. The molecule has 26 heavy (non-hydrogen) atoms. The van der Waals surface area contributed by atoms with Gasteiger partial charge in [-0.05, 0) is 29.2 Å². The van der Waals surface area contributed by atoms with Crippen molar-refractivity contribution in [2.75, 3.05) is 0 Å². The molecule has 0 nitrogen and oxygen atoms in total. The van der Waals surface area contributed by atoms with Crippen LogP contribution in [0.2, 0.25) is 0 Å². The van der Waals surface area contributed by atoms with Gasteiger partial charge in [-0.25, -0.2) is 0 Å². The van der Waals surface area contributed by atoms with Gasteiger partial charge in [-0.1, -0.05) is 90.0 Å². The van der Waals surface area contributed by atoms with Crippen molar-refractivity contribution in [1.82, 2.24) is 0 Å². The smallest absolute Gasteiger partial charge is 1.00 e. The topological polar surface area (TPSA) is 0 Å². The van der Waals surface area contributed by atoms with Crippen LogP contribution >= 0.6 is 0 Å². The third-order valence-electron chi connectivity index (χ3n) is 4.49. The molecule has 4 rings (SSSR count). The van der Waals surface area contributed by atoms with Crippen LogP contribution in [0.5, 0.6) is 0 Å². The average molecular weight is 476 g/mol. The van der Waals surface area contributed by atoms with E-state index in [0.29, 0.717) is 0 Å². The first-order valence-corrected chi connectivity index (χ1v) is 8.29. The third-order valence-corrected chi connectivity index (χ3v) is 4.86. The van der Waals surface area contributed by atoms with Gasteiger partial charge in [-0.3, -0.25) is 0 Å². The number of benzene rings is 3. The molecule has 0 fully saturated rings. The number of halogens is 2. The molecular formula is C22H17Cl2SZr. The minimum atomic E-state index is 0. The largest absolute Gasteiger partial charge is 3.00 e. The Kier molecular flexibility index (Phi) is 8.77. The molecule has 0 aromatic heterocycles. The van der Waals surface area contributed by atoms with Crippen LogP contribution in [0, 0.1) is 6.92 Å². The summed E-state index contributed by atoms with van der Waals surface area (Å²) >= 11 is 5.54. The van der Waals surface area contributed by atoms with Crippen LogP contribution in [0.15, 0.2) is 77.7 Å². The minimum absolute atomic E-state index is 0. The van der Waals surface area contributed by atoms with E-state index in [4.69, 9.17) is 12.6 Å². The molecule has 0 saturated heterocycles. The first kappa shape index (κ1) is 23.1. The predicted octanol–water partition coefficient (Wildman–Crippen LogP) is -0.268. The number of allylic oxidation sites excluding steroid dienone is 1. The maximum Gasteiger partial charge on any atom is 3.00 e. The fourth-order valence-electron chi connectivity index (χ4n) is 3.43. The Morgan fingerprint density at radius 1 is 0.808 bits per heavy atom. The van der Waals surface area contributed by atoms with Gasteiger partial charge >= 0.3 is 26.2 Å². The third kappa shape index (κ3) is 4.31. The van der Waals surface area contributed by atoms with Gasteiger partial charge in [0.05, 0.1) is 0 Å². The van der Waals surface area contributed by atoms with Crippen LogP contribution in [0.1, 0.15) is 28.2 Å². The summed E-state index contributed by atoms with van der Waals surface area (Å²) in [5.74, 6) is 0.265. The fraction of sp³-hybridized carbons (Fsp3) is 0.0909. The van der Waals surface area contributed by atoms with Gasteiger partial charge < -0.3 is 37.4 Å². The van der Waals surface area contributed by atoms with Crippen LogP contribution in [0.25, 0.3) is 17.2 Å². The van der Waals surface area contributed by atoms with Crippen molar-refractivity contribution in [2.45, 2.75) is 17.7 Å². The molecule has 3 aromatic rings. The molecule has 0 N–H and O–H groups in total. The summed E-state index contributed by atoms with van der Waals surface area (Å²) < 4.78 is 0. The number of hydrogen-bond acceptors (Lipinski definition) is 1. The molecule has 1 unspecified atom stereocenters. The van der Waals surface area contributed by atoms with Gasteiger partial charge in [-0.15, -0.1) is 0 Å². The summed E-state index contributed by atoms with van der Waals surface area (Å²) in [5, 5.41) is 0. The van der Waals surface area contributed by atoms with Crippen LogP contribution in [-0.4, -0.2) is 0 Å². The molecule has 1 aliphatic rings. The Hall–Kier alpha value is -0.917. The molecule has 3 aromatic carbocycles.